The van der Waals surface area contributed by atoms with Gasteiger partial charge < -0.3 is 14.7 Å². The Bertz CT molecular complexity index is 471. The van der Waals surface area contributed by atoms with E-state index in [0.717, 1.165) is 19.5 Å². The van der Waals surface area contributed by atoms with Crippen LogP contribution in [0.1, 0.15) is 51.4 Å². The summed E-state index contributed by atoms with van der Waals surface area (Å²) in [5.41, 5.74) is 0.449. The van der Waals surface area contributed by atoms with E-state index in [1.165, 1.54) is 12.1 Å². The summed E-state index contributed by atoms with van der Waals surface area (Å²) < 4.78 is 0.703. The summed E-state index contributed by atoms with van der Waals surface area (Å²) in [5, 5.41) is 18.8. The van der Waals surface area contributed by atoms with E-state index in [2.05, 4.69) is 27.8 Å². The molecule has 4 heteroatoms. The van der Waals surface area contributed by atoms with Gasteiger partial charge in [-0.1, -0.05) is 34.6 Å². The maximum absolute atomic E-state index is 12.4. The first kappa shape index (κ1) is 20.5. The Morgan fingerprint density at radius 2 is 1.77 bits per heavy atom. The van der Waals surface area contributed by atoms with Crippen molar-refractivity contribution >= 4 is 5.78 Å². The molecule has 0 spiro atoms. The summed E-state index contributed by atoms with van der Waals surface area (Å²) >= 11 is 0. The zero-order valence-electron chi connectivity index (χ0n) is 14.9. The summed E-state index contributed by atoms with van der Waals surface area (Å²) in [4.78, 5) is 12.4. The Labute approximate surface area is 135 Å². The van der Waals surface area contributed by atoms with Crippen LogP contribution in [0, 0.1) is 5.92 Å². The van der Waals surface area contributed by atoms with Gasteiger partial charge in [-0.3, -0.25) is 4.79 Å². The van der Waals surface area contributed by atoms with Crippen molar-refractivity contribution in [1.29, 1.82) is 0 Å². The van der Waals surface area contributed by atoms with Crippen molar-refractivity contribution in [3.8, 4) is 11.5 Å². The van der Waals surface area contributed by atoms with Crippen molar-refractivity contribution < 1.29 is 19.5 Å². The highest BCUT2D eigenvalue weighted by atomic mass is 16.3. The van der Waals surface area contributed by atoms with E-state index >= 15 is 0 Å². The Kier molecular flexibility index (Phi) is 8.80. The average molecular weight is 310 g/mol. The first-order valence-electron chi connectivity index (χ1n) is 8.16. The van der Waals surface area contributed by atoms with Gasteiger partial charge in [0.05, 0.1) is 20.1 Å². The number of hydrogen-bond acceptors (Lipinski definition) is 3. The second-order valence-corrected chi connectivity index (χ2v) is 6.20. The van der Waals surface area contributed by atoms with Crippen LogP contribution in [0.25, 0.3) is 0 Å². The molecule has 1 aromatic carbocycles. The lowest BCUT2D eigenvalue weighted by molar-refractivity contribution is -0.904. The van der Waals surface area contributed by atoms with Gasteiger partial charge in [0.2, 0.25) is 5.78 Å². The van der Waals surface area contributed by atoms with Crippen molar-refractivity contribution in [3.05, 3.63) is 23.8 Å². The largest absolute Gasteiger partial charge is 0.504 e. The molecule has 1 atom stereocenters. The van der Waals surface area contributed by atoms with Gasteiger partial charge in [-0.25, -0.2) is 0 Å². The number of carbonyl (C=O) groups is 1. The molecule has 0 heterocycles. The first-order chi connectivity index (χ1) is 10.3. The number of phenolic OH excluding ortho intramolecular Hbond substituents is 2. The van der Waals surface area contributed by atoms with E-state index in [9.17, 15) is 15.0 Å². The Morgan fingerprint density at radius 1 is 1.18 bits per heavy atom. The maximum atomic E-state index is 12.4. The predicted octanol–water partition coefficient (Wildman–Crippen LogP) is 3.82. The smallest absolute Gasteiger partial charge is 0.217 e. The average Bonchev–Trinajstić information content (AvgIpc) is 2.43. The normalized spacial score (nSPS) is 13.2. The van der Waals surface area contributed by atoms with Crippen LogP contribution in [0.15, 0.2) is 18.2 Å². The lowest BCUT2D eigenvalue weighted by Crippen LogP contribution is -2.50. The van der Waals surface area contributed by atoms with Crippen LogP contribution < -0.4 is 0 Å². The number of hydrogen-bond donors (Lipinski definition) is 2. The van der Waals surface area contributed by atoms with E-state index in [1.807, 2.05) is 13.8 Å². The fourth-order valence-corrected chi connectivity index (χ4v) is 2.79. The Hall–Kier alpha value is -1.55. The third-order valence-corrected chi connectivity index (χ3v) is 3.39. The molecule has 2 N–H and O–H groups in total. The third kappa shape index (κ3) is 6.48. The maximum Gasteiger partial charge on any atom is 0.217 e. The van der Waals surface area contributed by atoms with Gasteiger partial charge in [0.25, 0.3) is 0 Å². The number of carbonyl (C=O) groups excluding carboxylic acids is 1. The van der Waals surface area contributed by atoms with Gasteiger partial charge in [0.1, 0.15) is 6.54 Å². The fraction of sp³-hybridized carbons (Fsp3) is 0.611. The highest BCUT2D eigenvalue weighted by Crippen LogP contribution is 2.25. The molecule has 0 amide bonds. The van der Waals surface area contributed by atoms with Crippen LogP contribution in [0.2, 0.25) is 0 Å². The summed E-state index contributed by atoms with van der Waals surface area (Å²) in [5.74, 6) is 0.0726. The summed E-state index contributed by atoms with van der Waals surface area (Å²) in [6.45, 7) is 12.7. The third-order valence-electron chi connectivity index (χ3n) is 3.39. The highest BCUT2D eigenvalue weighted by molar-refractivity contribution is 5.97. The summed E-state index contributed by atoms with van der Waals surface area (Å²) in [6.07, 6.45) is 1.03. The molecule has 1 rings (SSSR count). The van der Waals surface area contributed by atoms with Crippen LogP contribution in [-0.2, 0) is 0 Å². The van der Waals surface area contributed by atoms with Crippen molar-refractivity contribution in [1.82, 2.24) is 0 Å². The molecule has 0 fully saturated rings. The van der Waals surface area contributed by atoms with Gasteiger partial charge in [-0.15, -0.1) is 0 Å². The molecule has 22 heavy (non-hydrogen) atoms. The van der Waals surface area contributed by atoms with E-state index in [-0.39, 0.29) is 17.3 Å². The molecule has 126 valence electrons. The summed E-state index contributed by atoms with van der Waals surface area (Å²) in [6, 6.07) is 4.25. The van der Waals surface area contributed by atoms with Crippen molar-refractivity contribution in [2.75, 3.05) is 26.7 Å². The second kappa shape index (κ2) is 9.46. The van der Waals surface area contributed by atoms with E-state index in [1.54, 1.807) is 6.07 Å². The number of likely N-dealkylation sites (N-methyl/N-ethyl adjacent to an activating group) is 1. The van der Waals surface area contributed by atoms with Gasteiger partial charge in [0.15, 0.2) is 11.5 Å². The predicted molar refractivity (Wildman–Crippen MR) is 91.4 cm³/mol. The highest BCUT2D eigenvalue weighted by Gasteiger charge is 2.26. The van der Waals surface area contributed by atoms with Crippen LogP contribution in [-0.4, -0.2) is 47.2 Å². The number of phenols is 2. The van der Waals surface area contributed by atoms with Crippen LogP contribution in [0.5, 0.6) is 11.5 Å². The van der Waals surface area contributed by atoms with E-state index in [4.69, 9.17) is 0 Å². The molecule has 0 aromatic heterocycles. The van der Waals surface area contributed by atoms with Crippen LogP contribution in [0.4, 0.5) is 0 Å². The molecule has 0 radical (unpaired) electrons. The summed E-state index contributed by atoms with van der Waals surface area (Å²) in [7, 11) is 2.10. The molecule has 0 saturated carbocycles. The topological polar surface area (TPSA) is 57.5 Å². The number of aromatic hydroxyl groups is 2. The quantitative estimate of drug-likeness (QED) is 0.457. The molecule has 0 aliphatic heterocycles. The number of quaternary nitrogens is 1. The Balaban J connectivity index is 0.00000211. The first-order valence-corrected chi connectivity index (χ1v) is 8.16. The van der Waals surface area contributed by atoms with Gasteiger partial charge in [-0.2, -0.15) is 0 Å². The van der Waals surface area contributed by atoms with Gasteiger partial charge >= 0.3 is 0 Å². The minimum atomic E-state index is -0.246. The van der Waals surface area contributed by atoms with Crippen LogP contribution >= 0.6 is 0 Å². The monoisotopic (exact) mass is 310 g/mol. The van der Waals surface area contributed by atoms with Crippen molar-refractivity contribution in [2.24, 2.45) is 5.92 Å². The Morgan fingerprint density at radius 3 is 2.23 bits per heavy atom. The van der Waals surface area contributed by atoms with Crippen molar-refractivity contribution in [3.63, 3.8) is 0 Å². The molecular weight excluding hydrogens is 278 g/mol. The molecule has 0 aliphatic carbocycles. The van der Waals surface area contributed by atoms with E-state index in [0.29, 0.717) is 22.5 Å². The number of benzene rings is 1. The lowest BCUT2D eigenvalue weighted by Gasteiger charge is -2.35. The molecule has 1 aromatic rings. The fourth-order valence-electron chi connectivity index (χ4n) is 2.79. The molecular formula is C18H32NO3+. The molecule has 1 unspecified atom stereocenters. The second-order valence-electron chi connectivity index (χ2n) is 6.20. The molecule has 0 saturated heterocycles. The zero-order chi connectivity index (χ0) is 17.3. The van der Waals surface area contributed by atoms with Crippen LogP contribution in [0.3, 0.4) is 0 Å². The SMILES string of the molecule is CC.CCC[N+](C)(CC(=O)c1ccc(O)c(O)c1)CC(C)C. The zero-order valence-corrected chi connectivity index (χ0v) is 14.9. The lowest BCUT2D eigenvalue weighted by atomic mass is 10.1. The molecule has 4 nitrogen and oxygen atoms in total. The number of ketones is 1. The minimum absolute atomic E-state index is 0.00287. The van der Waals surface area contributed by atoms with Gasteiger partial charge in [-0.05, 0) is 24.6 Å². The molecule has 0 aliphatic rings. The number of Topliss-reactive ketones (excluding diaryl/α,β-unsaturated/α-hetero) is 1. The van der Waals surface area contributed by atoms with Crippen molar-refractivity contribution in [2.45, 2.75) is 41.0 Å². The minimum Gasteiger partial charge on any atom is -0.504 e. The standard InChI is InChI=1S/C16H25NO3.C2H6/c1-5-8-17(4,10-12(2)3)11-16(20)13-6-7-14(18)15(19)9-13;1-2/h6-7,9,12H,5,8,10-11H2,1-4H3,(H-,18,19,20);1-2H3/p+1. The van der Waals surface area contributed by atoms with Gasteiger partial charge in [0, 0.05) is 11.5 Å². The van der Waals surface area contributed by atoms with E-state index < -0.39 is 0 Å². The number of nitrogens with zero attached hydrogens (tertiary/aromatic N) is 1. The number of rotatable bonds is 7. The molecule has 0 bridgehead atoms.